The fourth-order valence-corrected chi connectivity index (χ4v) is 1.95. The zero-order chi connectivity index (χ0) is 11.7. The van der Waals surface area contributed by atoms with Crippen molar-refractivity contribution in [2.24, 2.45) is 7.05 Å². The highest BCUT2D eigenvalue weighted by atomic mass is 79.9. The number of nitrogens with zero attached hydrogens (tertiary/aromatic N) is 1. The summed E-state index contributed by atoms with van der Waals surface area (Å²) in [5.74, 6) is 0. The molecule has 1 aromatic heterocycles. The lowest BCUT2D eigenvalue weighted by atomic mass is 10.1. The lowest BCUT2D eigenvalue weighted by Gasteiger charge is -2.11. The summed E-state index contributed by atoms with van der Waals surface area (Å²) in [6.07, 6.45) is 1.07. The molecule has 0 aliphatic carbocycles. The summed E-state index contributed by atoms with van der Waals surface area (Å²) >= 11 is 8.41. The molecular weight excluding hydrogens is 288 g/mol. The van der Waals surface area contributed by atoms with Crippen LogP contribution < -0.4 is 0 Å². The molecule has 1 heterocycles. The molecule has 2 rings (SSSR count). The standard InChI is InChI=1S/C11H11BrN2OS/c1-14-9(6-13-11(14)16)10(15)7-2-4-8(12)5-3-7/h2-6,10,15H,1H3,(H,13,16). The van der Waals surface area contributed by atoms with Crippen LogP contribution in [0.5, 0.6) is 0 Å². The van der Waals surface area contributed by atoms with E-state index in [0.717, 1.165) is 15.7 Å². The van der Waals surface area contributed by atoms with Gasteiger partial charge in [0.25, 0.3) is 0 Å². The first-order chi connectivity index (χ1) is 7.59. The topological polar surface area (TPSA) is 41.0 Å². The van der Waals surface area contributed by atoms with E-state index in [4.69, 9.17) is 12.2 Å². The summed E-state index contributed by atoms with van der Waals surface area (Å²) in [6, 6.07) is 7.56. The molecule has 0 saturated carbocycles. The van der Waals surface area contributed by atoms with Gasteiger partial charge in [0.2, 0.25) is 0 Å². The van der Waals surface area contributed by atoms with Crippen LogP contribution in [0.25, 0.3) is 0 Å². The van der Waals surface area contributed by atoms with Crippen molar-refractivity contribution in [1.82, 2.24) is 9.55 Å². The van der Waals surface area contributed by atoms with Gasteiger partial charge in [-0.15, -0.1) is 0 Å². The van der Waals surface area contributed by atoms with Crippen LogP contribution in [0.4, 0.5) is 0 Å². The number of aliphatic hydroxyl groups is 1. The molecule has 3 nitrogen and oxygen atoms in total. The van der Waals surface area contributed by atoms with Crippen LogP contribution in [-0.2, 0) is 7.05 Å². The Bertz CT molecular complexity index is 544. The molecule has 84 valence electrons. The molecule has 0 radical (unpaired) electrons. The van der Waals surface area contributed by atoms with Crippen LogP contribution in [-0.4, -0.2) is 14.7 Å². The summed E-state index contributed by atoms with van der Waals surface area (Å²) in [7, 11) is 1.83. The first kappa shape index (κ1) is 11.6. The molecule has 2 N–H and O–H groups in total. The minimum Gasteiger partial charge on any atom is -0.382 e. The maximum atomic E-state index is 10.2. The Hall–Kier alpha value is -0.910. The van der Waals surface area contributed by atoms with Crippen LogP contribution in [0.15, 0.2) is 34.9 Å². The first-order valence-corrected chi connectivity index (χ1v) is 5.97. The number of hydrogen-bond donors (Lipinski definition) is 2. The smallest absolute Gasteiger partial charge is 0.177 e. The van der Waals surface area contributed by atoms with E-state index in [1.165, 1.54) is 0 Å². The Morgan fingerprint density at radius 1 is 1.38 bits per heavy atom. The van der Waals surface area contributed by atoms with Gasteiger partial charge in [-0.25, -0.2) is 0 Å². The second kappa shape index (κ2) is 4.53. The fourth-order valence-electron chi connectivity index (χ4n) is 1.52. The molecule has 0 aliphatic heterocycles. The third-order valence-electron chi connectivity index (χ3n) is 2.50. The van der Waals surface area contributed by atoms with Crippen molar-refractivity contribution in [2.45, 2.75) is 6.10 Å². The number of halogens is 1. The molecule has 0 bridgehead atoms. The quantitative estimate of drug-likeness (QED) is 0.837. The number of H-pyrrole nitrogens is 1. The number of aliphatic hydroxyl groups excluding tert-OH is 1. The van der Waals surface area contributed by atoms with Crippen LogP contribution in [0, 0.1) is 4.77 Å². The molecule has 0 spiro atoms. The maximum Gasteiger partial charge on any atom is 0.177 e. The molecule has 16 heavy (non-hydrogen) atoms. The van der Waals surface area contributed by atoms with Crippen molar-refractivity contribution >= 4 is 28.1 Å². The lowest BCUT2D eigenvalue weighted by molar-refractivity contribution is 0.211. The van der Waals surface area contributed by atoms with E-state index in [0.29, 0.717) is 4.77 Å². The van der Waals surface area contributed by atoms with E-state index in [9.17, 15) is 5.11 Å². The van der Waals surface area contributed by atoms with Gasteiger partial charge in [-0.2, -0.15) is 0 Å². The van der Waals surface area contributed by atoms with Gasteiger partial charge in [-0.05, 0) is 29.9 Å². The number of hydrogen-bond acceptors (Lipinski definition) is 2. The molecule has 1 aromatic carbocycles. The molecular formula is C11H11BrN2OS. The maximum absolute atomic E-state index is 10.2. The molecule has 5 heteroatoms. The summed E-state index contributed by atoms with van der Waals surface area (Å²) in [4.78, 5) is 2.91. The number of imidazole rings is 1. The average molecular weight is 299 g/mol. The largest absolute Gasteiger partial charge is 0.382 e. The summed E-state index contributed by atoms with van der Waals surface area (Å²) in [6.45, 7) is 0. The summed E-state index contributed by atoms with van der Waals surface area (Å²) in [5.41, 5.74) is 1.60. The molecule has 0 aliphatic rings. The monoisotopic (exact) mass is 298 g/mol. The van der Waals surface area contributed by atoms with E-state index < -0.39 is 6.10 Å². The van der Waals surface area contributed by atoms with Gasteiger partial charge >= 0.3 is 0 Å². The Balaban J connectivity index is 2.39. The number of aromatic amines is 1. The van der Waals surface area contributed by atoms with Crippen LogP contribution in [0.3, 0.4) is 0 Å². The van der Waals surface area contributed by atoms with Crippen molar-refractivity contribution in [2.75, 3.05) is 0 Å². The highest BCUT2D eigenvalue weighted by Gasteiger charge is 2.13. The minimum atomic E-state index is -0.661. The normalized spacial score (nSPS) is 12.7. The predicted octanol–water partition coefficient (Wildman–Crippen LogP) is 2.93. The Kier molecular flexibility index (Phi) is 3.28. The zero-order valence-electron chi connectivity index (χ0n) is 8.64. The van der Waals surface area contributed by atoms with Gasteiger partial charge in [-0.3, -0.25) is 0 Å². The highest BCUT2D eigenvalue weighted by Crippen LogP contribution is 2.22. The van der Waals surface area contributed by atoms with Gasteiger partial charge < -0.3 is 14.7 Å². The van der Waals surface area contributed by atoms with E-state index in [1.807, 2.05) is 31.3 Å². The first-order valence-electron chi connectivity index (χ1n) is 4.77. The van der Waals surface area contributed by atoms with Crippen molar-refractivity contribution < 1.29 is 5.11 Å². The number of nitrogens with one attached hydrogen (secondary N) is 1. The van der Waals surface area contributed by atoms with Gasteiger partial charge in [-0.1, -0.05) is 28.1 Å². The van der Waals surface area contributed by atoms with E-state index in [-0.39, 0.29) is 0 Å². The number of rotatable bonds is 2. The van der Waals surface area contributed by atoms with Crippen molar-refractivity contribution in [1.29, 1.82) is 0 Å². The van der Waals surface area contributed by atoms with Crippen LogP contribution in [0.2, 0.25) is 0 Å². The van der Waals surface area contributed by atoms with Gasteiger partial charge in [0, 0.05) is 17.7 Å². The Morgan fingerprint density at radius 3 is 2.50 bits per heavy atom. The Labute approximate surface area is 107 Å². The second-order valence-electron chi connectivity index (χ2n) is 3.53. The highest BCUT2D eigenvalue weighted by molar-refractivity contribution is 9.10. The van der Waals surface area contributed by atoms with E-state index in [1.54, 1.807) is 10.8 Å². The zero-order valence-corrected chi connectivity index (χ0v) is 11.0. The summed E-state index contributed by atoms with van der Waals surface area (Å²) < 4.78 is 3.36. The minimum absolute atomic E-state index is 0.603. The van der Waals surface area contributed by atoms with Gasteiger partial charge in [0.1, 0.15) is 6.10 Å². The van der Waals surface area contributed by atoms with E-state index >= 15 is 0 Å². The van der Waals surface area contributed by atoms with E-state index in [2.05, 4.69) is 20.9 Å². The molecule has 2 aromatic rings. The summed E-state index contributed by atoms with van der Waals surface area (Å²) in [5, 5.41) is 10.2. The molecule has 0 amide bonds. The fraction of sp³-hybridized carbons (Fsp3) is 0.182. The Morgan fingerprint density at radius 2 is 2.00 bits per heavy atom. The van der Waals surface area contributed by atoms with Gasteiger partial charge in [0.05, 0.1) is 5.69 Å². The average Bonchev–Trinajstić information content (AvgIpc) is 2.60. The molecule has 1 atom stereocenters. The lowest BCUT2D eigenvalue weighted by Crippen LogP contribution is -2.05. The van der Waals surface area contributed by atoms with Crippen LogP contribution in [0.1, 0.15) is 17.4 Å². The van der Waals surface area contributed by atoms with Gasteiger partial charge in [0.15, 0.2) is 4.77 Å². The van der Waals surface area contributed by atoms with Crippen molar-refractivity contribution in [3.8, 4) is 0 Å². The third-order valence-corrected chi connectivity index (χ3v) is 3.42. The molecule has 0 saturated heterocycles. The number of aromatic nitrogens is 2. The third kappa shape index (κ3) is 2.11. The SMILES string of the molecule is Cn1c(C(O)c2ccc(Br)cc2)c[nH]c1=S. The van der Waals surface area contributed by atoms with Crippen molar-refractivity contribution in [3.63, 3.8) is 0 Å². The predicted molar refractivity (Wildman–Crippen MR) is 68.8 cm³/mol. The van der Waals surface area contributed by atoms with Crippen LogP contribution >= 0.6 is 28.1 Å². The number of benzene rings is 1. The van der Waals surface area contributed by atoms with Crippen molar-refractivity contribution in [3.05, 3.63) is 51.0 Å². The molecule has 0 fully saturated rings. The molecule has 1 unspecified atom stereocenters. The second-order valence-corrected chi connectivity index (χ2v) is 4.83.